The molecule has 0 heterocycles. The topological polar surface area (TPSA) is 51.2 Å². The molecule has 0 aliphatic rings. The number of nitrogens with zero attached hydrogens (tertiary/aromatic N) is 4. The molecule has 0 spiro atoms. The molecule has 0 aliphatic heterocycles. The van der Waals surface area contributed by atoms with Crippen molar-refractivity contribution in [1.29, 1.82) is 0 Å². The van der Waals surface area contributed by atoms with E-state index in [9.17, 15) is 4.79 Å². The average Bonchev–Trinajstić information content (AvgIpc) is 2.65. The smallest absolute Gasteiger partial charge is 0.242 e. The molecule has 0 fully saturated rings. The van der Waals surface area contributed by atoms with Crippen LogP contribution in [0.1, 0.15) is 26.3 Å². The Morgan fingerprint density at radius 1 is 1.07 bits per heavy atom. The summed E-state index contributed by atoms with van der Waals surface area (Å²) in [6.07, 6.45) is 0.943. The Balaban J connectivity index is 2.80. The fourth-order valence-corrected chi connectivity index (χ4v) is 2.91. The predicted octanol–water partition coefficient (Wildman–Crippen LogP) is 1.93. The molecule has 1 atom stereocenters. The number of rotatable bonds is 10. The Kier molecular flexibility index (Phi) is 10.5. The predicted molar refractivity (Wildman–Crippen MR) is 114 cm³/mol. The maximum Gasteiger partial charge on any atom is 0.242 e. The van der Waals surface area contributed by atoms with Crippen LogP contribution in [-0.4, -0.2) is 86.5 Å². The average molecular weight is 376 g/mol. The third kappa shape index (κ3) is 7.99. The van der Waals surface area contributed by atoms with Crippen molar-refractivity contribution in [2.75, 3.05) is 53.9 Å². The molecule has 0 aliphatic carbocycles. The van der Waals surface area contributed by atoms with E-state index >= 15 is 0 Å². The summed E-state index contributed by atoms with van der Waals surface area (Å²) in [6.45, 7) is 9.30. The first-order valence-corrected chi connectivity index (χ1v) is 9.90. The van der Waals surface area contributed by atoms with E-state index in [1.165, 1.54) is 5.56 Å². The summed E-state index contributed by atoms with van der Waals surface area (Å²) < 4.78 is 0. The molecule has 1 aromatic rings. The highest BCUT2D eigenvalue weighted by Crippen LogP contribution is 2.07. The van der Waals surface area contributed by atoms with Crippen molar-refractivity contribution < 1.29 is 4.79 Å². The second kappa shape index (κ2) is 12.3. The molecule has 6 nitrogen and oxygen atoms in total. The van der Waals surface area contributed by atoms with E-state index in [1.807, 2.05) is 43.7 Å². The summed E-state index contributed by atoms with van der Waals surface area (Å²) in [5, 5.41) is 3.31. The van der Waals surface area contributed by atoms with E-state index in [1.54, 1.807) is 0 Å². The maximum atomic E-state index is 12.4. The number of carbonyl (C=O) groups is 1. The Morgan fingerprint density at radius 3 is 2.22 bits per heavy atom. The van der Waals surface area contributed by atoms with E-state index < -0.39 is 0 Å². The van der Waals surface area contributed by atoms with E-state index in [0.717, 1.165) is 32.0 Å². The standard InChI is InChI=1S/C21H37N5O/c1-7-22-21(25(6)17-20(27)26(8-2)9-3)23-16-19(24(4)5)15-18-13-11-10-12-14-18/h10-14,19H,7-9,15-17H2,1-6H3,(H,22,23). The highest BCUT2D eigenvalue weighted by molar-refractivity contribution is 5.86. The number of likely N-dealkylation sites (N-methyl/N-ethyl adjacent to an activating group) is 3. The molecule has 0 saturated carbocycles. The van der Waals surface area contributed by atoms with Crippen LogP contribution in [0.2, 0.25) is 0 Å². The lowest BCUT2D eigenvalue weighted by molar-refractivity contribution is -0.131. The number of hydrogen-bond acceptors (Lipinski definition) is 3. The van der Waals surface area contributed by atoms with Gasteiger partial charge in [0.2, 0.25) is 5.91 Å². The van der Waals surface area contributed by atoms with Gasteiger partial charge in [-0.15, -0.1) is 0 Å². The molecule has 0 saturated heterocycles. The van der Waals surface area contributed by atoms with Gasteiger partial charge in [0, 0.05) is 32.7 Å². The van der Waals surface area contributed by atoms with E-state index in [0.29, 0.717) is 19.1 Å². The van der Waals surface area contributed by atoms with E-state index in [2.05, 4.69) is 48.6 Å². The van der Waals surface area contributed by atoms with Gasteiger partial charge in [-0.2, -0.15) is 0 Å². The number of nitrogens with one attached hydrogen (secondary N) is 1. The molecule has 152 valence electrons. The number of carbonyl (C=O) groups excluding carboxylic acids is 1. The van der Waals surface area contributed by atoms with Crippen LogP contribution < -0.4 is 5.32 Å². The SMILES string of the molecule is CCNC(=NCC(Cc1ccccc1)N(C)C)N(C)CC(=O)N(CC)CC. The summed E-state index contributed by atoms with van der Waals surface area (Å²) in [4.78, 5) is 23.2. The summed E-state index contributed by atoms with van der Waals surface area (Å²) in [7, 11) is 6.10. The van der Waals surface area contributed by atoms with Crippen LogP contribution in [0.4, 0.5) is 0 Å². The van der Waals surface area contributed by atoms with Crippen LogP contribution in [-0.2, 0) is 11.2 Å². The quantitative estimate of drug-likeness (QED) is 0.501. The zero-order valence-corrected chi connectivity index (χ0v) is 17.9. The number of amides is 1. The minimum Gasteiger partial charge on any atom is -0.357 e. The van der Waals surface area contributed by atoms with Crippen molar-refractivity contribution in [3.63, 3.8) is 0 Å². The first-order chi connectivity index (χ1) is 12.9. The lowest BCUT2D eigenvalue weighted by atomic mass is 10.1. The Morgan fingerprint density at radius 2 is 1.70 bits per heavy atom. The van der Waals surface area contributed by atoms with Gasteiger partial charge in [0.15, 0.2) is 5.96 Å². The third-order valence-corrected chi connectivity index (χ3v) is 4.68. The highest BCUT2D eigenvalue weighted by Gasteiger charge is 2.17. The van der Waals surface area contributed by atoms with Gasteiger partial charge in [0.25, 0.3) is 0 Å². The molecule has 27 heavy (non-hydrogen) atoms. The number of guanidine groups is 1. The lowest BCUT2D eigenvalue weighted by Gasteiger charge is -2.27. The monoisotopic (exact) mass is 375 g/mol. The first kappa shape index (κ1) is 23.0. The molecular formula is C21H37N5O. The molecule has 1 unspecified atom stereocenters. The van der Waals surface area contributed by atoms with Crippen molar-refractivity contribution in [1.82, 2.24) is 20.0 Å². The minimum absolute atomic E-state index is 0.126. The Labute approximate surface area is 165 Å². The van der Waals surface area contributed by atoms with Crippen molar-refractivity contribution >= 4 is 11.9 Å². The molecule has 0 aromatic heterocycles. The summed E-state index contributed by atoms with van der Waals surface area (Å²) >= 11 is 0. The van der Waals surface area contributed by atoms with Crippen molar-refractivity contribution in [2.45, 2.75) is 33.2 Å². The zero-order valence-electron chi connectivity index (χ0n) is 17.9. The number of hydrogen-bond donors (Lipinski definition) is 1. The van der Waals surface area contributed by atoms with Crippen LogP contribution >= 0.6 is 0 Å². The maximum absolute atomic E-state index is 12.4. The molecule has 1 aromatic carbocycles. The highest BCUT2D eigenvalue weighted by atomic mass is 16.2. The van der Waals surface area contributed by atoms with Gasteiger partial charge in [0.05, 0.1) is 13.1 Å². The largest absolute Gasteiger partial charge is 0.357 e. The summed E-state index contributed by atoms with van der Waals surface area (Å²) in [6, 6.07) is 10.8. The normalized spacial score (nSPS) is 12.8. The molecule has 1 rings (SSSR count). The van der Waals surface area contributed by atoms with Crippen molar-refractivity contribution in [2.24, 2.45) is 4.99 Å². The Bertz CT molecular complexity index is 569. The molecule has 1 N–H and O–H groups in total. The van der Waals surface area contributed by atoms with Gasteiger partial charge < -0.3 is 20.0 Å². The van der Waals surface area contributed by atoms with Crippen LogP contribution in [0.15, 0.2) is 35.3 Å². The molecule has 6 heteroatoms. The van der Waals surface area contributed by atoms with Crippen LogP contribution in [0.25, 0.3) is 0 Å². The summed E-state index contributed by atoms with van der Waals surface area (Å²) in [5.41, 5.74) is 1.31. The zero-order chi connectivity index (χ0) is 20.2. The second-order valence-corrected chi connectivity index (χ2v) is 6.92. The minimum atomic E-state index is 0.126. The second-order valence-electron chi connectivity index (χ2n) is 6.92. The first-order valence-electron chi connectivity index (χ1n) is 9.90. The molecule has 1 amide bonds. The van der Waals surface area contributed by atoms with Gasteiger partial charge in [-0.1, -0.05) is 30.3 Å². The van der Waals surface area contributed by atoms with Crippen molar-refractivity contribution in [3.8, 4) is 0 Å². The molecule has 0 bridgehead atoms. The number of benzene rings is 1. The van der Waals surface area contributed by atoms with E-state index in [4.69, 9.17) is 4.99 Å². The van der Waals surface area contributed by atoms with Crippen LogP contribution in [0, 0.1) is 0 Å². The lowest BCUT2D eigenvalue weighted by Crippen LogP contribution is -2.46. The fraction of sp³-hybridized carbons (Fsp3) is 0.619. The Hall–Kier alpha value is -2.08. The molecule has 0 radical (unpaired) electrons. The van der Waals surface area contributed by atoms with Gasteiger partial charge >= 0.3 is 0 Å². The fourth-order valence-electron chi connectivity index (χ4n) is 2.91. The van der Waals surface area contributed by atoms with Crippen LogP contribution in [0.5, 0.6) is 0 Å². The van der Waals surface area contributed by atoms with E-state index in [-0.39, 0.29) is 5.91 Å². The van der Waals surface area contributed by atoms with Gasteiger partial charge in [-0.3, -0.25) is 9.79 Å². The number of aliphatic imine (C=N–C) groups is 1. The van der Waals surface area contributed by atoms with Crippen LogP contribution in [0.3, 0.4) is 0 Å². The van der Waals surface area contributed by atoms with Gasteiger partial charge in [-0.25, -0.2) is 0 Å². The summed E-state index contributed by atoms with van der Waals surface area (Å²) in [5.74, 6) is 0.902. The third-order valence-electron chi connectivity index (χ3n) is 4.68. The van der Waals surface area contributed by atoms with Crippen molar-refractivity contribution in [3.05, 3.63) is 35.9 Å². The molecular weight excluding hydrogens is 338 g/mol. The van der Waals surface area contributed by atoms with Gasteiger partial charge in [0.1, 0.15) is 0 Å². The van der Waals surface area contributed by atoms with Gasteiger partial charge in [-0.05, 0) is 46.9 Å².